The second-order valence-corrected chi connectivity index (χ2v) is 5.77. The first kappa shape index (κ1) is 16.6. The number of aliphatic hydroxyl groups is 1. The highest BCUT2D eigenvalue weighted by atomic mass is 35.5. The van der Waals surface area contributed by atoms with Crippen molar-refractivity contribution in [3.8, 4) is 5.75 Å². The summed E-state index contributed by atoms with van der Waals surface area (Å²) in [7, 11) is 0. The number of ether oxygens (including phenoxy) is 1. The normalized spacial score (nSPS) is 14.5. The summed E-state index contributed by atoms with van der Waals surface area (Å²) in [5.41, 5.74) is 0. The lowest BCUT2D eigenvalue weighted by molar-refractivity contribution is 0.102. The summed E-state index contributed by atoms with van der Waals surface area (Å²) in [6, 6.07) is 5.50. The molecule has 0 aliphatic carbocycles. The lowest BCUT2D eigenvalue weighted by atomic mass is 10.1. The molecular weight excluding hydrogens is 285 g/mol. The molecule has 0 radical (unpaired) electrons. The van der Waals surface area contributed by atoms with Crippen LogP contribution in [-0.4, -0.2) is 30.4 Å². The lowest BCUT2D eigenvalue weighted by Crippen LogP contribution is -2.38. The molecule has 0 saturated carbocycles. The van der Waals surface area contributed by atoms with E-state index in [1.807, 2.05) is 0 Å². The lowest BCUT2D eigenvalue weighted by Gasteiger charge is -2.20. The summed E-state index contributed by atoms with van der Waals surface area (Å²) >= 11 is 12.0. The van der Waals surface area contributed by atoms with Crippen molar-refractivity contribution in [1.82, 2.24) is 5.32 Å². The van der Waals surface area contributed by atoms with Crippen molar-refractivity contribution in [3.05, 3.63) is 28.2 Å². The van der Waals surface area contributed by atoms with E-state index in [0.29, 0.717) is 34.3 Å². The Morgan fingerprint density at radius 1 is 1.21 bits per heavy atom. The molecule has 1 aromatic carbocycles. The van der Waals surface area contributed by atoms with Crippen LogP contribution in [0.3, 0.4) is 0 Å². The SMILES string of the molecule is CC(C)C(C)NCC(O)COc1c(Cl)cccc1Cl. The molecule has 0 bridgehead atoms. The maximum Gasteiger partial charge on any atom is 0.156 e. The van der Waals surface area contributed by atoms with E-state index in [9.17, 15) is 5.11 Å². The van der Waals surface area contributed by atoms with Gasteiger partial charge in [0.25, 0.3) is 0 Å². The molecule has 0 aliphatic rings. The molecule has 0 aromatic heterocycles. The third kappa shape index (κ3) is 5.57. The van der Waals surface area contributed by atoms with Gasteiger partial charge in [-0.3, -0.25) is 0 Å². The summed E-state index contributed by atoms with van der Waals surface area (Å²) in [4.78, 5) is 0. The van der Waals surface area contributed by atoms with E-state index < -0.39 is 6.10 Å². The van der Waals surface area contributed by atoms with Gasteiger partial charge in [-0.05, 0) is 25.0 Å². The Kier molecular flexibility index (Phi) is 6.94. The van der Waals surface area contributed by atoms with E-state index in [2.05, 4.69) is 26.1 Å². The van der Waals surface area contributed by atoms with Gasteiger partial charge in [-0.2, -0.15) is 0 Å². The number of rotatable bonds is 7. The van der Waals surface area contributed by atoms with E-state index in [1.54, 1.807) is 18.2 Å². The van der Waals surface area contributed by atoms with Crippen LogP contribution in [0, 0.1) is 5.92 Å². The quantitative estimate of drug-likeness (QED) is 0.811. The maximum absolute atomic E-state index is 9.85. The summed E-state index contributed by atoms with van der Waals surface area (Å²) in [6.45, 7) is 6.97. The first-order chi connectivity index (χ1) is 8.91. The molecule has 19 heavy (non-hydrogen) atoms. The van der Waals surface area contributed by atoms with Gasteiger partial charge in [-0.15, -0.1) is 0 Å². The zero-order valence-corrected chi connectivity index (χ0v) is 13.0. The van der Waals surface area contributed by atoms with Crippen molar-refractivity contribution in [1.29, 1.82) is 0 Å². The van der Waals surface area contributed by atoms with Crippen molar-refractivity contribution in [2.75, 3.05) is 13.2 Å². The Bertz CT molecular complexity index is 379. The van der Waals surface area contributed by atoms with Gasteiger partial charge in [-0.25, -0.2) is 0 Å². The molecule has 0 aliphatic heterocycles. The fourth-order valence-electron chi connectivity index (χ4n) is 1.42. The number of benzene rings is 1. The Hall–Kier alpha value is -0.480. The predicted molar refractivity (Wildman–Crippen MR) is 80.3 cm³/mol. The molecule has 5 heteroatoms. The van der Waals surface area contributed by atoms with Gasteiger partial charge in [0.1, 0.15) is 12.7 Å². The summed E-state index contributed by atoms with van der Waals surface area (Å²) in [5, 5.41) is 14.0. The molecule has 0 saturated heterocycles. The molecular formula is C14H21Cl2NO2. The van der Waals surface area contributed by atoms with E-state index >= 15 is 0 Å². The summed E-state index contributed by atoms with van der Waals surface area (Å²) in [6.07, 6.45) is -0.603. The van der Waals surface area contributed by atoms with Crippen molar-refractivity contribution < 1.29 is 9.84 Å². The molecule has 3 nitrogen and oxygen atoms in total. The molecule has 0 amide bonds. The number of nitrogens with one attached hydrogen (secondary N) is 1. The maximum atomic E-state index is 9.85. The van der Waals surface area contributed by atoms with Crippen LogP contribution >= 0.6 is 23.2 Å². The number of aliphatic hydroxyl groups excluding tert-OH is 1. The molecule has 2 atom stereocenters. The first-order valence-electron chi connectivity index (χ1n) is 6.40. The fraction of sp³-hybridized carbons (Fsp3) is 0.571. The number of hydrogen-bond donors (Lipinski definition) is 2. The minimum Gasteiger partial charge on any atom is -0.488 e. The second-order valence-electron chi connectivity index (χ2n) is 4.96. The summed E-state index contributed by atoms with van der Waals surface area (Å²) in [5.74, 6) is 0.938. The number of halogens is 2. The molecule has 0 spiro atoms. The van der Waals surface area contributed by atoms with E-state index in [1.165, 1.54) is 0 Å². The minimum absolute atomic E-state index is 0.154. The molecule has 0 heterocycles. The Morgan fingerprint density at radius 2 is 1.79 bits per heavy atom. The Labute approximate surface area is 124 Å². The monoisotopic (exact) mass is 305 g/mol. The number of para-hydroxylation sites is 1. The van der Waals surface area contributed by atoms with Crippen LogP contribution in [0.1, 0.15) is 20.8 Å². The highest BCUT2D eigenvalue weighted by molar-refractivity contribution is 6.37. The van der Waals surface area contributed by atoms with Crippen molar-refractivity contribution >= 4 is 23.2 Å². The van der Waals surface area contributed by atoms with Gasteiger partial charge in [-0.1, -0.05) is 43.1 Å². The molecule has 0 fully saturated rings. The Morgan fingerprint density at radius 3 is 2.32 bits per heavy atom. The highest BCUT2D eigenvalue weighted by Gasteiger charge is 2.12. The van der Waals surface area contributed by atoms with Crippen molar-refractivity contribution in [2.24, 2.45) is 5.92 Å². The van der Waals surface area contributed by atoms with E-state index in [-0.39, 0.29) is 6.61 Å². The van der Waals surface area contributed by atoms with E-state index in [0.717, 1.165) is 0 Å². The average Bonchev–Trinajstić information content (AvgIpc) is 2.35. The smallest absolute Gasteiger partial charge is 0.156 e. The molecule has 1 aromatic rings. The van der Waals surface area contributed by atoms with Crippen LogP contribution in [-0.2, 0) is 0 Å². The summed E-state index contributed by atoms with van der Waals surface area (Å²) < 4.78 is 5.47. The van der Waals surface area contributed by atoms with Gasteiger partial charge in [0, 0.05) is 12.6 Å². The Balaban J connectivity index is 2.40. The third-order valence-corrected chi connectivity index (χ3v) is 3.61. The number of hydrogen-bond acceptors (Lipinski definition) is 3. The zero-order valence-electron chi connectivity index (χ0n) is 11.5. The van der Waals surface area contributed by atoms with Gasteiger partial charge in [0.05, 0.1) is 10.0 Å². The van der Waals surface area contributed by atoms with Gasteiger partial charge in [0.2, 0.25) is 0 Å². The van der Waals surface area contributed by atoms with Crippen LogP contribution in [0.2, 0.25) is 10.0 Å². The van der Waals surface area contributed by atoms with Crippen LogP contribution in [0.5, 0.6) is 5.75 Å². The van der Waals surface area contributed by atoms with Gasteiger partial charge < -0.3 is 15.2 Å². The van der Waals surface area contributed by atoms with Crippen LogP contribution in [0.15, 0.2) is 18.2 Å². The minimum atomic E-state index is -0.603. The van der Waals surface area contributed by atoms with Gasteiger partial charge >= 0.3 is 0 Å². The standard InChI is InChI=1S/C14H21Cl2NO2/c1-9(2)10(3)17-7-11(18)8-19-14-12(15)5-4-6-13(14)16/h4-6,9-11,17-18H,7-8H2,1-3H3. The zero-order chi connectivity index (χ0) is 14.4. The van der Waals surface area contributed by atoms with Crippen LogP contribution in [0.4, 0.5) is 0 Å². The molecule has 1 rings (SSSR count). The molecule has 2 unspecified atom stereocenters. The van der Waals surface area contributed by atoms with E-state index in [4.69, 9.17) is 27.9 Å². The second kappa shape index (κ2) is 7.95. The fourth-order valence-corrected chi connectivity index (χ4v) is 1.92. The van der Waals surface area contributed by atoms with Crippen LogP contribution in [0.25, 0.3) is 0 Å². The van der Waals surface area contributed by atoms with Crippen molar-refractivity contribution in [2.45, 2.75) is 32.9 Å². The average molecular weight is 306 g/mol. The van der Waals surface area contributed by atoms with Gasteiger partial charge in [0.15, 0.2) is 5.75 Å². The third-order valence-electron chi connectivity index (χ3n) is 3.01. The molecule has 108 valence electrons. The van der Waals surface area contributed by atoms with Crippen LogP contribution < -0.4 is 10.1 Å². The molecule has 2 N–H and O–H groups in total. The largest absolute Gasteiger partial charge is 0.488 e. The first-order valence-corrected chi connectivity index (χ1v) is 7.15. The topological polar surface area (TPSA) is 41.5 Å². The predicted octanol–water partition coefficient (Wildman–Crippen LogP) is 3.37. The highest BCUT2D eigenvalue weighted by Crippen LogP contribution is 2.32. The van der Waals surface area contributed by atoms with Crippen molar-refractivity contribution in [3.63, 3.8) is 0 Å².